The first kappa shape index (κ1) is 15.8. The number of hydrogen-bond donors (Lipinski definition) is 2. The summed E-state index contributed by atoms with van der Waals surface area (Å²) in [6.45, 7) is 0.732. The first-order valence-corrected chi connectivity index (χ1v) is 7.37. The van der Waals surface area contributed by atoms with E-state index in [1.807, 2.05) is 24.3 Å². The third-order valence-corrected chi connectivity index (χ3v) is 4.03. The number of aromatic hydroxyl groups is 1. The summed E-state index contributed by atoms with van der Waals surface area (Å²) < 4.78 is 5.10. The van der Waals surface area contributed by atoms with Crippen molar-refractivity contribution in [3.05, 3.63) is 52.8 Å². The van der Waals surface area contributed by atoms with E-state index < -0.39 is 11.9 Å². The highest BCUT2D eigenvalue weighted by atomic mass is 16.5. The van der Waals surface area contributed by atoms with Crippen LogP contribution in [0.3, 0.4) is 0 Å². The number of fused-ring (bicyclic) bond motifs is 1. The Morgan fingerprint density at radius 2 is 2.04 bits per heavy atom. The van der Waals surface area contributed by atoms with Crippen LogP contribution in [0.1, 0.15) is 32.0 Å². The molecule has 1 aliphatic heterocycles. The minimum atomic E-state index is -1.21. The molecule has 0 fully saturated rings. The number of hydrogen-bond acceptors (Lipinski definition) is 5. The number of aromatic nitrogens is 1. The van der Waals surface area contributed by atoms with E-state index in [-0.39, 0.29) is 17.0 Å². The molecule has 0 bridgehead atoms. The van der Waals surface area contributed by atoms with Crippen LogP contribution in [0.4, 0.5) is 0 Å². The number of aromatic carboxylic acids is 1. The maximum absolute atomic E-state index is 12.7. The number of amides is 1. The largest absolute Gasteiger partial charge is 0.505 e. The third kappa shape index (κ3) is 2.76. The Hall–Kier alpha value is -3.09. The minimum Gasteiger partial charge on any atom is -0.505 e. The lowest BCUT2D eigenvalue weighted by Crippen LogP contribution is -2.38. The van der Waals surface area contributed by atoms with Crippen molar-refractivity contribution in [1.82, 2.24) is 9.88 Å². The van der Waals surface area contributed by atoms with Crippen molar-refractivity contribution in [2.24, 2.45) is 0 Å². The number of carbonyl (C=O) groups is 2. The van der Waals surface area contributed by atoms with Crippen molar-refractivity contribution in [2.45, 2.75) is 13.0 Å². The zero-order valence-corrected chi connectivity index (χ0v) is 13.0. The molecule has 1 aromatic carbocycles. The maximum Gasteiger partial charge on any atom is 0.354 e. The van der Waals surface area contributed by atoms with E-state index >= 15 is 0 Å². The highest BCUT2D eigenvalue weighted by Gasteiger charge is 2.31. The van der Waals surface area contributed by atoms with Crippen LogP contribution in [0.25, 0.3) is 0 Å². The van der Waals surface area contributed by atoms with Crippen LogP contribution >= 0.6 is 0 Å². The number of rotatable bonds is 4. The molecule has 0 spiro atoms. The molecule has 7 heteroatoms. The first-order chi connectivity index (χ1) is 11.5. The van der Waals surface area contributed by atoms with Crippen LogP contribution in [0, 0.1) is 0 Å². The van der Waals surface area contributed by atoms with Gasteiger partial charge in [0.2, 0.25) is 0 Å². The Labute approximate surface area is 138 Å². The summed E-state index contributed by atoms with van der Waals surface area (Å²) in [7, 11) is 1.58. The SMILES string of the molecule is COc1ccc(CN2CCc3c(C(=O)O)ncc(O)c3C2=O)cc1. The molecular formula is C17H16N2O5. The van der Waals surface area contributed by atoms with Crippen molar-refractivity contribution < 1.29 is 24.5 Å². The molecule has 0 radical (unpaired) electrons. The average Bonchev–Trinajstić information content (AvgIpc) is 2.57. The van der Waals surface area contributed by atoms with E-state index in [9.17, 15) is 19.8 Å². The Kier molecular flexibility index (Phi) is 4.07. The van der Waals surface area contributed by atoms with E-state index in [0.717, 1.165) is 17.5 Å². The van der Waals surface area contributed by atoms with E-state index in [0.29, 0.717) is 25.1 Å². The maximum atomic E-state index is 12.7. The van der Waals surface area contributed by atoms with Gasteiger partial charge in [-0.25, -0.2) is 9.78 Å². The fraction of sp³-hybridized carbons (Fsp3) is 0.235. The molecule has 3 rings (SSSR count). The predicted octanol–water partition coefficient (Wildman–Crippen LogP) is 1.69. The number of benzene rings is 1. The number of nitrogens with zero attached hydrogens (tertiary/aromatic N) is 2. The van der Waals surface area contributed by atoms with Gasteiger partial charge in [-0.3, -0.25) is 4.79 Å². The molecule has 2 N–H and O–H groups in total. The van der Waals surface area contributed by atoms with Gasteiger partial charge in [-0.05, 0) is 24.1 Å². The van der Waals surface area contributed by atoms with Gasteiger partial charge in [-0.15, -0.1) is 0 Å². The fourth-order valence-electron chi connectivity index (χ4n) is 2.82. The molecule has 24 heavy (non-hydrogen) atoms. The highest BCUT2D eigenvalue weighted by Crippen LogP contribution is 2.29. The second kappa shape index (κ2) is 6.19. The van der Waals surface area contributed by atoms with Gasteiger partial charge in [0.15, 0.2) is 5.69 Å². The number of carboxylic acids is 1. The number of carbonyl (C=O) groups excluding carboxylic acids is 1. The summed E-state index contributed by atoms with van der Waals surface area (Å²) in [5, 5.41) is 19.2. The van der Waals surface area contributed by atoms with Crippen LogP contribution in [0.15, 0.2) is 30.5 Å². The van der Waals surface area contributed by atoms with Gasteiger partial charge < -0.3 is 19.8 Å². The van der Waals surface area contributed by atoms with E-state index in [1.165, 1.54) is 0 Å². The molecule has 0 saturated heterocycles. The standard InChI is InChI=1S/C17H16N2O5/c1-24-11-4-2-10(3-5-11)9-19-7-6-12-14(16(19)21)13(20)8-18-15(12)17(22)23/h2-5,8,20H,6-7,9H2,1H3,(H,22,23). The minimum absolute atomic E-state index is 0.0298. The van der Waals surface area contributed by atoms with E-state index in [4.69, 9.17) is 4.74 Å². The normalized spacial score (nSPS) is 13.5. The second-order valence-corrected chi connectivity index (χ2v) is 5.48. The van der Waals surface area contributed by atoms with Crippen molar-refractivity contribution in [3.8, 4) is 11.5 Å². The molecule has 1 amide bonds. The molecule has 2 aromatic rings. The zero-order valence-electron chi connectivity index (χ0n) is 13.0. The molecule has 1 aliphatic rings. The second-order valence-electron chi connectivity index (χ2n) is 5.48. The van der Waals surface area contributed by atoms with Crippen molar-refractivity contribution >= 4 is 11.9 Å². The molecule has 0 atom stereocenters. The lowest BCUT2D eigenvalue weighted by molar-refractivity contribution is 0.0685. The van der Waals surface area contributed by atoms with Gasteiger partial charge in [-0.1, -0.05) is 12.1 Å². The van der Waals surface area contributed by atoms with Crippen LogP contribution in [-0.2, 0) is 13.0 Å². The van der Waals surface area contributed by atoms with Crippen LogP contribution in [0.2, 0.25) is 0 Å². The van der Waals surface area contributed by atoms with Crippen LogP contribution < -0.4 is 4.74 Å². The highest BCUT2D eigenvalue weighted by molar-refractivity contribution is 6.02. The summed E-state index contributed by atoms with van der Waals surface area (Å²) in [5.41, 5.74) is 1.06. The molecular weight excluding hydrogens is 312 g/mol. The number of methoxy groups -OCH3 is 1. The molecule has 7 nitrogen and oxygen atoms in total. The number of carboxylic acid groups (broad SMARTS) is 1. The average molecular weight is 328 g/mol. The molecule has 124 valence electrons. The Morgan fingerprint density at radius 3 is 2.67 bits per heavy atom. The van der Waals surface area contributed by atoms with Crippen molar-refractivity contribution in [2.75, 3.05) is 13.7 Å². The lowest BCUT2D eigenvalue weighted by atomic mass is 9.96. The Bertz CT molecular complexity index is 801. The molecule has 0 saturated carbocycles. The monoisotopic (exact) mass is 328 g/mol. The van der Waals surface area contributed by atoms with Crippen molar-refractivity contribution in [3.63, 3.8) is 0 Å². The number of pyridine rings is 1. The van der Waals surface area contributed by atoms with Crippen LogP contribution in [-0.4, -0.2) is 45.6 Å². The van der Waals surface area contributed by atoms with E-state index in [1.54, 1.807) is 12.0 Å². The topological polar surface area (TPSA) is 100.0 Å². The van der Waals surface area contributed by atoms with Gasteiger partial charge in [0.25, 0.3) is 5.91 Å². The molecule has 1 aromatic heterocycles. The van der Waals surface area contributed by atoms with Gasteiger partial charge in [0, 0.05) is 18.7 Å². The molecule has 0 aliphatic carbocycles. The van der Waals surface area contributed by atoms with Crippen molar-refractivity contribution in [1.29, 1.82) is 0 Å². The summed E-state index contributed by atoms with van der Waals surface area (Å²) in [6, 6.07) is 7.33. The zero-order chi connectivity index (χ0) is 17.3. The molecule has 0 unspecified atom stereocenters. The Balaban J connectivity index is 1.89. The fourth-order valence-corrected chi connectivity index (χ4v) is 2.82. The predicted molar refractivity (Wildman–Crippen MR) is 84.3 cm³/mol. The first-order valence-electron chi connectivity index (χ1n) is 7.37. The van der Waals surface area contributed by atoms with Gasteiger partial charge in [-0.2, -0.15) is 0 Å². The van der Waals surface area contributed by atoms with E-state index in [2.05, 4.69) is 4.98 Å². The lowest BCUT2D eigenvalue weighted by Gasteiger charge is -2.29. The number of ether oxygens (including phenoxy) is 1. The summed E-state index contributed by atoms with van der Waals surface area (Å²) in [5.74, 6) is -1.17. The quantitative estimate of drug-likeness (QED) is 0.886. The van der Waals surface area contributed by atoms with Gasteiger partial charge >= 0.3 is 5.97 Å². The summed E-state index contributed by atoms with van der Waals surface area (Å²) >= 11 is 0. The summed E-state index contributed by atoms with van der Waals surface area (Å²) in [4.78, 5) is 29.2. The third-order valence-electron chi connectivity index (χ3n) is 4.03. The van der Waals surface area contributed by atoms with Crippen LogP contribution in [0.5, 0.6) is 11.5 Å². The summed E-state index contributed by atoms with van der Waals surface area (Å²) in [6.07, 6.45) is 1.34. The van der Waals surface area contributed by atoms with Gasteiger partial charge in [0.05, 0.1) is 18.9 Å². The smallest absolute Gasteiger partial charge is 0.354 e. The Morgan fingerprint density at radius 1 is 1.33 bits per heavy atom. The molecule has 2 heterocycles. The van der Waals surface area contributed by atoms with Gasteiger partial charge in [0.1, 0.15) is 11.5 Å².